The third-order valence-corrected chi connectivity index (χ3v) is 4.53. The molecule has 0 aliphatic carbocycles. The van der Waals surface area contributed by atoms with Crippen molar-refractivity contribution in [1.29, 1.82) is 0 Å². The van der Waals surface area contributed by atoms with Crippen LogP contribution in [0.3, 0.4) is 0 Å². The lowest BCUT2D eigenvalue weighted by Crippen LogP contribution is -2.68. The molecular weight excluding hydrogens is 332 g/mol. The molecular formula is C13H24O11. The molecule has 0 bridgehead atoms. The van der Waals surface area contributed by atoms with Gasteiger partial charge < -0.3 is 55.4 Å². The van der Waals surface area contributed by atoms with Gasteiger partial charge in [-0.3, -0.25) is 0 Å². The van der Waals surface area contributed by atoms with Crippen LogP contribution in [-0.4, -0.2) is 126 Å². The Bertz CT molecular complexity index is 369. The van der Waals surface area contributed by atoms with Gasteiger partial charge in [0.2, 0.25) is 0 Å². The van der Waals surface area contributed by atoms with Crippen molar-refractivity contribution in [1.82, 2.24) is 0 Å². The Morgan fingerprint density at radius 3 is 1.21 bits per heavy atom. The molecule has 2 aliphatic heterocycles. The molecule has 0 saturated carbocycles. The maximum atomic E-state index is 10.4. The Hall–Kier alpha value is -0.440. The van der Waals surface area contributed by atoms with Crippen LogP contribution in [0.2, 0.25) is 0 Å². The lowest BCUT2D eigenvalue weighted by molar-refractivity contribution is -0.292. The quantitative estimate of drug-likeness (QED) is 0.232. The van der Waals surface area contributed by atoms with Crippen molar-refractivity contribution in [3.63, 3.8) is 0 Å². The lowest BCUT2D eigenvalue weighted by atomic mass is 9.86. The van der Waals surface area contributed by atoms with E-state index in [0.717, 1.165) is 0 Å². The third kappa shape index (κ3) is 3.43. The second-order valence-corrected chi connectivity index (χ2v) is 6.08. The smallest absolute Gasteiger partial charge is 0.115 e. The van der Waals surface area contributed by atoms with Crippen molar-refractivity contribution in [2.75, 3.05) is 13.2 Å². The molecule has 2 aliphatic rings. The first-order valence-electron chi connectivity index (χ1n) is 7.53. The second-order valence-electron chi connectivity index (χ2n) is 6.08. The van der Waals surface area contributed by atoms with Gasteiger partial charge in [-0.2, -0.15) is 0 Å². The van der Waals surface area contributed by atoms with Gasteiger partial charge in [-0.15, -0.1) is 0 Å². The van der Waals surface area contributed by atoms with Crippen LogP contribution in [0.1, 0.15) is 0 Å². The van der Waals surface area contributed by atoms with Gasteiger partial charge in [-0.1, -0.05) is 0 Å². The maximum absolute atomic E-state index is 10.4. The molecule has 2 rings (SSSR count). The van der Waals surface area contributed by atoms with Crippen LogP contribution < -0.4 is 0 Å². The molecule has 0 spiro atoms. The Morgan fingerprint density at radius 1 is 0.583 bits per heavy atom. The first-order chi connectivity index (χ1) is 11.2. The monoisotopic (exact) mass is 356 g/mol. The Morgan fingerprint density at radius 2 is 0.917 bits per heavy atom. The van der Waals surface area contributed by atoms with Crippen LogP contribution in [0.5, 0.6) is 0 Å². The molecule has 0 aromatic carbocycles. The minimum atomic E-state index is -1.80. The highest BCUT2D eigenvalue weighted by Gasteiger charge is 2.53. The normalized spacial score (nSPS) is 51.4. The number of aliphatic hydroxyl groups is 9. The summed E-state index contributed by atoms with van der Waals surface area (Å²) in [4.78, 5) is 0. The summed E-state index contributed by atoms with van der Waals surface area (Å²) >= 11 is 0. The summed E-state index contributed by atoms with van der Waals surface area (Å²) in [5.41, 5.74) is 0. The fourth-order valence-electron chi connectivity index (χ4n) is 3.01. The molecule has 11 nitrogen and oxygen atoms in total. The Balaban J connectivity index is 2.18. The van der Waals surface area contributed by atoms with Gasteiger partial charge in [-0.05, 0) is 0 Å². The topological polar surface area (TPSA) is 201 Å². The van der Waals surface area contributed by atoms with E-state index >= 15 is 0 Å². The predicted molar refractivity (Wildman–Crippen MR) is 73.5 cm³/mol. The van der Waals surface area contributed by atoms with E-state index < -0.39 is 80.4 Å². The first kappa shape index (κ1) is 19.9. The van der Waals surface area contributed by atoms with Crippen LogP contribution in [0.4, 0.5) is 0 Å². The number of hydrogen-bond donors (Lipinski definition) is 9. The van der Waals surface area contributed by atoms with Crippen molar-refractivity contribution in [2.45, 2.75) is 67.1 Å². The van der Waals surface area contributed by atoms with Crippen molar-refractivity contribution in [3.05, 3.63) is 0 Å². The number of ether oxygens (including phenoxy) is 2. The highest BCUT2D eigenvalue weighted by Crippen LogP contribution is 2.30. The zero-order valence-corrected chi connectivity index (χ0v) is 12.6. The van der Waals surface area contributed by atoms with Crippen LogP contribution >= 0.6 is 0 Å². The van der Waals surface area contributed by atoms with Gasteiger partial charge in [0.25, 0.3) is 0 Å². The zero-order chi connectivity index (χ0) is 18.2. The molecule has 142 valence electrons. The summed E-state index contributed by atoms with van der Waals surface area (Å²) in [7, 11) is 0. The highest BCUT2D eigenvalue weighted by atomic mass is 16.6. The second kappa shape index (κ2) is 7.85. The van der Waals surface area contributed by atoms with Gasteiger partial charge in [0.1, 0.15) is 67.1 Å². The summed E-state index contributed by atoms with van der Waals surface area (Å²) in [6.07, 6.45) is -17.7. The largest absolute Gasteiger partial charge is 0.394 e. The minimum Gasteiger partial charge on any atom is -0.394 e. The molecule has 10 atom stereocenters. The van der Waals surface area contributed by atoms with Crippen molar-refractivity contribution in [3.8, 4) is 0 Å². The standard InChI is InChI=1S/C13H24O11/c14-1-3-5(16)7(18)9(20)12(23-3)11(22)13-10(21)8(19)6(17)4(2-15)24-13/h3-22H,1-2H2/t3-,4-,5+,6+,7+,8+,9-,10-,12-,13-/m1/s1. The summed E-state index contributed by atoms with van der Waals surface area (Å²) < 4.78 is 10.3. The summed E-state index contributed by atoms with van der Waals surface area (Å²) in [6.45, 7) is -1.41. The van der Waals surface area contributed by atoms with Gasteiger partial charge in [0.05, 0.1) is 13.2 Å². The molecule has 11 heteroatoms. The molecule has 0 radical (unpaired) electrons. The molecule has 2 heterocycles. The predicted octanol–water partition coefficient (Wildman–Crippen LogP) is -5.97. The fourth-order valence-corrected chi connectivity index (χ4v) is 3.01. The van der Waals surface area contributed by atoms with E-state index in [2.05, 4.69) is 0 Å². The molecule has 0 aromatic heterocycles. The van der Waals surface area contributed by atoms with Crippen molar-refractivity contribution in [2.24, 2.45) is 0 Å². The number of rotatable bonds is 4. The first-order valence-corrected chi connectivity index (χ1v) is 7.53. The number of hydrogen-bond acceptors (Lipinski definition) is 11. The van der Waals surface area contributed by atoms with Gasteiger partial charge >= 0.3 is 0 Å². The van der Waals surface area contributed by atoms with Crippen LogP contribution in [-0.2, 0) is 9.47 Å². The lowest BCUT2D eigenvalue weighted by Gasteiger charge is -2.47. The molecule has 2 fully saturated rings. The molecule has 24 heavy (non-hydrogen) atoms. The SMILES string of the molecule is OC[C@H]1O[C@@H](C(O)[C@@H]2O[C@H](CO)[C@H](O)[C@H](O)[C@H]2O)[C@H](O)[C@@H](O)[C@H]1O. The highest BCUT2D eigenvalue weighted by molar-refractivity contribution is 5.01. The van der Waals surface area contributed by atoms with E-state index in [9.17, 15) is 35.7 Å². The summed E-state index contributed by atoms with van der Waals surface area (Å²) in [5.74, 6) is 0. The van der Waals surface area contributed by atoms with E-state index in [1.165, 1.54) is 0 Å². The number of aliphatic hydroxyl groups excluding tert-OH is 9. The molecule has 2 saturated heterocycles. The zero-order valence-electron chi connectivity index (χ0n) is 12.6. The van der Waals surface area contributed by atoms with E-state index in [1.54, 1.807) is 0 Å². The average molecular weight is 356 g/mol. The molecule has 0 amide bonds. The van der Waals surface area contributed by atoms with Crippen molar-refractivity contribution < 1.29 is 55.4 Å². The van der Waals surface area contributed by atoms with Gasteiger partial charge in [-0.25, -0.2) is 0 Å². The molecule has 0 unspecified atom stereocenters. The third-order valence-electron chi connectivity index (χ3n) is 4.53. The Labute approximate surface area is 136 Å². The van der Waals surface area contributed by atoms with Crippen molar-refractivity contribution >= 4 is 0 Å². The van der Waals surface area contributed by atoms with Gasteiger partial charge in [0.15, 0.2) is 0 Å². The Kier molecular flexibility index (Phi) is 6.50. The van der Waals surface area contributed by atoms with E-state index in [4.69, 9.17) is 19.7 Å². The average Bonchev–Trinajstić information content (AvgIpc) is 2.58. The maximum Gasteiger partial charge on any atom is 0.115 e. The minimum absolute atomic E-state index is 0.706. The summed E-state index contributed by atoms with van der Waals surface area (Å²) in [6, 6.07) is 0. The fraction of sp³-hybridized carbons (Fsp3) is 1.00. The van der Waals surface area contributed by atoms with Crippen LogP contribution in [0.15, 0.2) is 0 Å². The van der Waals surface area contributed by atoms with Gasteiger partial charge in [0, 0.05) is 0 Å². The molecule has 0 aromatic rings. The van der Waals surface area contributed by atoms with E-state index in [-0.39, 0.29) is 0 Å². The summed E-state index contributed by atoms with van der Waals surface area (Å²) in [5, 5.41) is 87.5. The molecule has 9 N–H and O–H groups in total. The van der Waals surface area contributed by atoms with E-state index in [1.807, 2.05) is 0 Å². The van der Waals surface area contributed by atoms with E-state index in [0.29, 0.717) is 0 Å². The van der Waals surface area contributed by atoms with Crippen LogP contribution in [0.25, 0.3) is 0 Å². The van der Waals surface area contributed by atoms with Crippen LogP contribution in [0, 0.1) is 0 Å².